The summed E-state index contributed by atoms with van der Waals surface area (Å²) in [6.45, 7) is 1.45. The monoisotopic (exact) mass is 330 g/mol. The van der Waals surface area contributed by atoms with E-state index < -0.39 is 10.8 Å². The fraction of sp³-hybridized carbons (Fsp3) is 0.125. The minimum atomic E-state index is -1.43. The van der Waals surface area contributed by atoms with Crippen molar-refractivity contribution in [3.8, 4) is 0 Å². The van der Waals surface area contributed by atoms with Gasteiger partial charge in [0.25, 0.3) is 0 Å². The van der Waals surface area contributed by atoms with Gasteiger partial charge < -0.3 is 0 Å². The number of para-hydroxylation sites is 2. The van der Waals surface area contributed by atoms with Crippen molar-refractivity contribution in [2.75, 3.05) is 0 Å². The number of hydrogen-bond acceptors (Lipinski definition) is 4. The van der Waals surface area contributed by atoms with Crippen LogP contribution in [0.2, 0.25) is 0 Å². The van der Waals surface area contributed by atoms with E-state index in [0.717, 1.165) is 10.5 Å². The molecule has 4 nitrogen and oxygen atoms in total. The first kappa shape index (κ1) is 15.0. The molecule has 0 aliphatic heterocycles. The molecule has 22 heavy (non-hydrogen) atoms. The summed E-state index contributed by atoms with van der Waals surface area (Å²) >= 11 is 4.37. The number of carbonyl (C=O) groups excluding carboxylic acids is 1. The third-order valence-electron chi connectivity index (χ3n) is 3.33. The van der Waals surface area contributed by atoms with Crippen molar-refractivity contribution < 1.29 is 9.00 Å². The van der Waals surface area contributed by atoms with Gasteiger partial charge in [0, 0.05) is 11.8 Å². The first-order chi connectivity index (χ1) is 10.6. The number of nitrogens with zero attached hydrogens (tertiary/aromatic N) is 2. The molecule has 3 aromatic rings. The Balaban J connectivity index is 2.06. The lowest BCUT2D eigenvalue weighted by Crippen LogP contribution is -2.12. The second-order valence-electron chi connectivity index (χ2n) is 4.86. The van der Waals surface area contributed by atoms with Crippen LogP contribution in [0.3, 0.4) is 0 Å². The predicted molar refractivity (Wildman–Crippen MR) is 89.8 cm³/mol. The van der Waals surface area contributed by atoms with Crippen molar-refractivity contribution in [3.63, 3.8) is 0 Å². The van der Waals surface area contributed by atoms with Gasteiger partial charge in [-0.25, -0.2) is 4.98 Å². The number of thiol groups is 1. The summed E-state index contributed by atoms with van der Waals surface area (Å²) in [6, 6.07) is 14.8. The average molecular weight is 330 g/mol. The van der Waals surface area contributed by atoms with E-state index in [9.17, 15) is 9.00 Å². The van der Waals surface area contributed by atoms with E-state index in [0.29, 0.717) is 11.0 Å². The van der Waals surface area contributed by atoms with E-state index in [1.165, 1.54) is 11.5 Å². The second kappa shape index (κ2) is 6.06. The SMILES string of the molecule is CC(=O)n1c(S(=O)Cc2ccccc2S)nc2ccccc21. The molecule has 0 N–H and O–H groups in total. The standard InChI is InChI=1S/C16H14N2O2S2/c1-11(19)18-14-8-4-3-7-13(14)17-16(18)22(20)10-12-6-2-5-9-15(12)21/h2-9,21H,10H2,1H3. The van der Waals surface area contributed by atoms with Crippen molar-refractivity contribution in [2.24, 2.45) is 0 Å². The quantitative estimate of drug-likeness (QED) is 0.750. The molecule has 0 radical (unpaired) electrons. The molecule has 6 heteroatoms. The lowest BCUT2D eigenvalue weighted by molar-refractivity contribution is 0.0931. The maximum atomic E-state index is 12.7. The van der Waals surface area contributed by atoms with E-state index in [2.05, 4.69) is 17.6 Å². The van der Waals surface area contributed by atoms with Crippen LogP contribution in [0.25, 0.3) is 11.0 Å². The van der Waals surface area contributed by atoms with E-state index >= 15 is 0 Å². The average Bonchev–Trinajstić information content (AvgIpc) is 2.89. The lowest BCUT2D eigenvalue weighted by atomic mass is 10.2. The molecule has 0 fully saturated rings. The fourth-order valence-corrected chi connectivity index (χ4v) is 3.94. The molecule has 0 spiro atoms. The molecule has 0 bridgehead atoms. The van der Waals surface area contributed by atoms with Crippen LogP contribution in [0.4, 0.5) is 0 Å². The zero-order valence-corrected chi connectivity index (χ0v) is 13.6. The third-order valence-corrected chi connectivity index (χ3v) is 5.02. The highest BCUT2D eigenvalue weighted by atomic mass is 32.2. The van der Waals surface area contributed by atoms with Gasteiger partial charge in [0.05, 0.1) is 27.6 Å². The summed E-state index contributed by atoms with van der Waals surface area (Å²) < 4.78 is 14.1. The predicted octanol–water partition coefficient (Wildman–Crippen LogP) is 3.29. The van der Waals surface area contributed by atoms with E-state index in [4.69, 9.17) is 0 Å². The molecular weight excluding hydrogens is 316 g/mol. The number of benzene rings is 2. The Labute approximate surface area is 136 Å². The highest BCUT2D eigenvalue weighted by Crippen LogP contribution is 2.22. The molecule has 3 rings (SSSR count). The zero-order chi connectivity index (χ0) is 15.7. The maximum Gasteiger partial charge on any atom is 0.230 e. The third kappa shape index (κ3) is 2.71. The summed E-state index contributed by atoms with van der Waals surface area (Å²) in [4.78, 5) is 17.1. The number of rotatable bonds is 3. The normalized spacial score (nSPS) is 12.5. The van der Waals surface area contributed by atoms with Gasteiger partial charge in [-0.2, -0.15) is 0 Å². The Bertz CT molecular complexity index is 887. The summed E-state index contributed by atoms with van der Waals surface area (Å²) in [6.07, 6.45) is 0. The van der Waals surface area contributed by atoms with Crippen LogP contribution in [0.15, 0.2) is 58.6 Å². The van der Waals surface area contributed by atoms with Crippen LogP contribution in [-0.4, -0.2) is 19.7 Å². The van der Waals surface area contributed by atoms with Crippen molar-refractivity contribution in [2.45, 2.75) is 22.7 Å². The van der Waals surface area contributed by atoms with Gasteiger partial charge in [-0.1, -0.05) is 30.3 Å². The minimum Gasteiger partial charge on any atom is -0.274 e. The zero-order valence-electron chi connectivity index (χ0n) is 11.9. The Morgan fingerprint density at radius 3 is 2.59 bits per heavy atom. The summed E-state index contributed by atoms with van der Waals surface area (Å²) in [5, 5.41) is 0.283. The number of aromatic nitrogens is 2. The Hall–Kier alpha value is -1.92. The van der Waals surface area contributed by atoms with Crippen LogP contribution < -0.4 is 0 Å². The highest BCUT2D eigenvalue weighted by Gasteiger charge is 2.19. The summed E-state index contributed by atoms with van der Waals surface area (Å²) in [5.74, 6) is 0.0761. The van der Waals surface area contributed by atoms with Crippen molar-refractivity contribution >= 4 is 40.4 Å². The Kier molecular flexibility index (Phi) is 4.13. The molecule has 0 amide bonds. The number of hydrogen-bond donors (Lipinski definition) is 1. The molecule has 0 aliphatic rings. The highest BCUT2D eigenvalue weighted by molar-refractivity contribution is 7.84. The van der Waals surface area contributed by atoms with Crippen LogP contribution in [0, 0.1) is 0 Å². The molecule has 2 aromatic carbocycles. The van der Waals surface area contributed by atoms with Crippen molar-refractivity contribution in [3.05, 3.63) is 54.1 Å². The molecule has 1 heterocycles. The van der Waals surface area contributed by atoms with Gasteiger partial charge in [-0.3, -0.25) is 13.6 Å². The number of imidazole rings is 1. The van der Waals surface area contributed by atoms with Gasteiger partial charge in [0.15, 0.2) is 0 Å². The van der Waals surface area contributed by atoms with Crippen LogP contribution in [0.1, 0.15) is 17.3 Å². The van der Waals surface area contributed by atoms with E-state index in [1.807, 2.05) is 42.5 Å². The first-order valence-corrected chi connectivity index (χ1v) is 8.48. The van der Waals surface area contributed by atoms with E-state index in [-0.39, 0.29) is 16.8 Å². The van der Waals surface area contributed by atoms with Gasteiger partial charge in [-0.15, -0.1) is 12.6 Å². The van der Waals surface area contributed by atoms with Crippen LogP contribution >= 0.6 is 12.6 Å². The van der Waals surface area contributed by atoms with Crippen LogP contribution in [0.5, 0.6) is 0 Å². The molecule has 1 unspecified atom stereocenters. The molecule has 0 saturated heterocycles. The van der Waals surface area contributed by atoms with Crippen LogP contribution in [-0.2, 0) is 16.6 Å². The first-order valence-electron chi connectivity index (χ1n) is 6.71. The van der Waals surface area contributed by atoms with Gasteiger partial charge in [0.2, 0.25) is 11.1 Å². The molecule has 0 aliphatic carbocycles. The van der Waals surface area contributed by atoms with Gasteiger partial charge in [-0.05, 0) is 23.8 Å². The van der Waals surface area contributed by atoms with E-state index in [1.54, 1.807) is 6.07 Å². The fourth-order valence-electron chi connectivity index (χ4n) is 2.30. The summed E-state index contributed by atoms with van der Waals surface area (Å²) in [7, 11) is -1.43. The summed E-state index contributed by atoms with van der Waals surface area (Å²) in [5.41, 5.74) is 2.21. The molecule has 1 aromatic heterocycles. The maximum absolute atomic E-state index is 12.7. The Morgan fingerprint density at radius 2 is 1.86 bits per heavy atom. The lowest BCUT2D eigenvalue weighted by Gasteiger charge is -2.06. The van der Waals surface area contributed by atoms with Crippen molar-refractivity contribution in [1.29, 1.82) is 0 Å². The number of fused-ring (bicyclic) bond motifs is 1. The molecular formula is C16H14N2O2S2. The van der Waals surface area contributed by atoms with Crippen molar-refractivity contribution in [1.82, 2.24) is 9.55 Å². The largest absolute Gasteiger partial charge is 0.274 e. The Morgan fingerprint density at radius 1 is 1.18 bits per heavy atom. The molecule has 0 saturated carbocycles. The molecule has 1 atom stereocenters. The topological polar surface area (TPSA) is 52.0 Å². The second-order valence-corrected chi connectivity index (χ2v) is 6.68. The minimum absolute atomic E-state index is 0.198. The number of carbonyl (C=O) groups is 1. The van der Waals surface area contributed by atoms with Gasteiger partial charge >= 0.3 is 0 Å². The smallest absolute Gasteiger partial charge is 0.230 e. The molecule has 112 valence electrons. The van der Waals surface area contributed by atoms with Gasteiger partial charge in [0.1, 0.15) is 0 Å².